The number of aryl methyl sites for hydroxylation is 1. The van der Waals surface area contributed by atoms with E-state index in [4.69, 9.17) is 0 Å². The molecular weight excluding hydrogens is 191 g/mol. The van der Waals surface area contributed by atoms with Gasteiger partial charge >= 0.3 is 5.97 Å². The molecule has 14 heavy (non-hydrogen) atoms. The SMILES string of the molecule is CCOC(=O)c1nc(C)[nH]c(=O)c1F. The summed E-state index contributed by atoms with van der Waals surface area (Å²) < 4.78 is 17.6. The fraction of sp³-hybridized carbons (Fsp3) is 0.375. The van der Waals surface area contributed by atoms with Gasteiger partial charge in [0.1, 0.15) is 5.82 Å². The van der Waals surface area contributed by atoms with E-state index >= 15 is 0 Å². The molecule has 0 saturated carbocycles. The van der Waals surface area contributed by atoms with Gasteiger partial charge in [-0.05, 0) is 13.8 Å². The van der Waals surface area contributed by atoms with Crippen LogP contribution in [0.4, 0.5) is 4.39 Å². The summed E-state index contributed by atoms with van der Waals surface area (Å²) in [5, 5.41) is 0. The first kappa shape index (κ1) is 10.4. The summed E-state index contributed by atoms with van der Waals surface area (Å²) in [4.78, 5) is 27.7. The monoisotopic (exact) mass is 200 g/mol. The third-order valence-corrected chi connectivity index (χ3v) is 1.45. The number of hydrogen-bond acceptors (Lipinski definition) is 4. The van der Waals surface area contributed by atoms with Crippen molar-refractivity contribution in [1.29, 1.82) is 0 Å². The first-order chi connectivity index (χ1) is 6.56. The number of rotatable bonds is 2. The fourth-order valence-corrected chi connectivity index (χ4v) is 0.906. The average Bonchev–Trinajstić information content (AvgIpc) is 2.11. The third kappa shape index (κ3) is 1.95. The van der Waals surface area contributed by atoms with E-state index in [2.05, 4.69) is 14.7 Å². The van der Waals surface area contributed by atoms with Gasteiger partial charge in [-0.15, -0.1) is 0 Å². The minimum absolute atomic E-state index is 0.103. The van der Waals surface area contributed by atoms with E-state index in [1.165, 1.54) is 6.92 Å². The largest absolute Gasteiger partial charge is 0.461 e. The van der Waals surface area contributed by atoms with Crippen LogP contribution in [-0.2, 0) is 4.74 Å². The Balaban J connectivity index is 3.20. The fourth-order valence-electron chi connectivity index (χ4n) is 0.906. The van der Waals surface area contributed by atoms with Gasteiger partial charge in [0.05, 0.1) is 6.61 Å². The van der Waals surface area contributed by atoms with Crippen LogP contribution in [0.5, 0.6) is 0 Å². The summed E-state index contributed by atoms with van der Waals surface area (Å²) in [5.74, 6) is -1.98. The van der Waals surface area contributed by atoms with E-state index in [0.717, 1.165) is 0 Å². The van der Waals surface area contributed by atoms with Gasteiger partial charge in [-0.3, -0.25) is 4.79 Å². The number of carbonyl (C=O) groups is 1. The molecule has 6 heteroatoms. The molecule has 0 saturated heterocycles. The number of halogens is 1. The second kappa shape index (κ2) is 3.99. The lowest BCUT2D eigenvalue weighted by Crippen LogP contribution is -2.21. The number of aromatic nitrogens is 2. The number of hydrogen-bond donors (Lipinski definition) is 1. The molecule has 0 spiro atoms. The number of nitrogens with zero attached hydrogens (tertiary/aromatic N) is 1. The molecule has 1 rings (SSSR count). The molecule has 0 atom stereocenters. The van der Waals surface area contributed by atoms with Crippen molar-refractivity contribution in [1.82, 2.24) is 9.97 Å². The van der Waals surface area contributed by atoms with Gasteiger partial charge in [0.2, 0.25) is 5.82 Å². The summed E-state index contributed by atoms with van der Waals surface area (Å²) >= 11 is 0. The number of H-pyrrole nitrogens is 1. The zero-order chi connectivity index (χ0) is 10.7. The van der Waals surface area contributed by atoms with Gasteiger partial charge in [0.25, 0.3) is 5.56 Å². The molecule has 0 aliphatic heterocycles. The topological polar surface area (TPSA) is 72.0 Å². The van der Waals surface area contributed by atoms with Crippen LogP contribution in [0.25, 0.3) is 0 Å². The van der Waals surface area contributed by atoms with Crippen molar-refractivity contribution in [3.05, 3.63) is 27.7 Å². The molecule has 0 aliphatic rings. The van der Waals surface area contributed by atoms with Crippen molar-refractivity contribution in [2.75, 3.05) is 6.61 Å². The normalized spacial score (nSPS) is 9.93. The van der Waals surface area contributed by atoms with Gasteiger partial charge < -0.3 is 9.72 Å². The highest BCUT2D eigenvalue weighted by molar-refractivity contribution is 5.87. The Labute approximate surface area is 78.9 Å². The number of ether oxygens (including phenoxy) is 1. The molecule has 1 aromatic rings. The minimum Gasteiger partial charge on any atom is -0.461 e. The maximum absolute atomic E-state index is 13.0. The quantitative estimate of drug-likeness (QED) is 0.701. The summed E-state index contributed by atoms with van der Waals surface area (Å²) in [6.07, 6.45) is 0. The number of aromatic amines is 1. The predicted octanol–water partition coefficient (Wildman–Crippen LogP) is 0.394. The molecule has 1 heterocycles. The summed E-state index contributed by atoms with van der Waals surface area (Å²) in [6.45, 7) is 3.13. The van der Waals surface area contributed by atoms with Gasteiger partial charge in [-0.1, -0.05) is 0 Å². The van der Waals surface area contributed by atoms with E-state index in [-0.39, 0.29) is 12.4 Å². The van der Waals surface area contributed by atoms with Gasteiger partial charge in [0.15, 0.2) is 5.69 Å². The molecule has 0 bridgehead atoms. The van der Waals surface area contributed by atoms with E-state index in [9.17, 15) is 14.0 Å². The molecule has 0 amide bonds. The first-order valence-electron chi connectivity index (χ1n) is 3.99. The van der Waals surface area contributed by atoms with Gasteiger partial charge in [-0.2, -0.15) is 4.39 Å². The number of nitrogens with one attached hydrogen (secondary N) is 1. The Morgan fingerprint density at radius 3 is 2.86 bits per heavy atom. The van der Waals surface area contributed by atoms with Crippen molar-refractivity contribution in [2.24, 2.45) is 0 Å². The third-order valence-electron chi connectivity index (χ3n) is 1.45. The Morgan fingerprint density at radius 1 is 1.64 bits per heavy atom. The van der Waals surface area contributed by atoms with Crippen LogP contribution in [0, 0.1) is 12.7 Å². The summed E-state index contributed by atoms with van der Waals surface area (Å²) in [6, 6.07) is 0. The van der Waals surface area contributed by atoms with Crippen LogP contribution in [-0.4, -0.2) is 22.5 Å². The second-order valence-electron chi connectivity index (χ2n) is 2.53. The van der Waals surface area contributed by atoms with Crippen LogP contribution in [0.3, 0.4) is 0 Å². The molecule has 0 aromatic carbocycles. The van der Waals surface area contributed by atoms with Crippen LogP contribution >= 0.6 is 0 Å². The zero-order valence-corrected chi connectivity index (χ0v) is 7.76. The van der Waals surface area contributed by atoms with Crippen molar-refractivity contribution in [3.63, 3.8) is 0 Å². The molecule has 0 radical (unpaired) electrons. The molecule has 1 N–H and O–H groups in total. The van der Waals surface area contributed by atoms with E-state index in [0.29, 0.717) is 0 Å². The molecule has 1 aromatic heterocycles. The smallest absolute Gasteiger partial charge is 0.360 e. The van der Waals surface area contributed by atoms with E-state index in [1.807, 2.05) is 0 Å². The van der Waals surface area contributed by atoms with E-state index in [1.54, 1.807) is 6.92 Å². The van der Waals surface area contributed by atoms with Gasteiger partial charge in [-0.25, -0.2) is 9.78 Å². The molecule has 0 aliphatic carbocycles. The van der Waals surface area contributed by atoms with Crippen LogP contribution in [0.15, 0.2) is 4.79 Å². The standard InChI is InChI=1S/C8H9FN2O3/c1-3-14-8(13)6-5(9)7(12)11-4(2)10-6/h3H2,1-2H3,(H,10,11,12). The molecule has 0 fully saturated rings. The lowest BCUT2D eigenvalue weighted by atomic mass is 10.4. The minimum atomic E-state index is -1.21. The molecule has 0 unspecified atom stereocenters. The highest BCUT2D eigenvalue weighted by atomic mass is 19.1. The van der Waals surface area contributed by atoms with Crippen LogP contribution in [0.1, 0.15) is 23.2 Å². The lowest BCUT2D eigenvalue weighted by molar-refractivity contribution is 0.0512. The van der Waals surface area contributed by atoms with Crippen LogP contribution < -0.4 is 5.56 Å². The zero-order valence-electron chi connectivity index (χ0n) is 7.76. The first-order valence-corrected chi connectivity index (χ1v) is 3.99. The summed E-state index contributed by atoms with van der Waals surface area (Å²) in [7, 11) is 0. The maximum Gasteiger partial charge on any atom is 0.360 e. The highest BCUT2D eigenvalue weighted by Gasteiger charge is 2.18. The Hall–Kier alpha value is -1.72. The van der Waals surface area contributed by atoms with Gasteiger partial charge in [0, 0.05) is 0 Å². The Morgan fingerprint density at radius 2 is 2.29 bits per heavy atom. The van der Waals surface area contributed by atoms with Crippen molar-refractivity contribution >= 4 is 5.97 Å². The number of esters is 1. The molecule has 76 valence electrons. The molecule has 5 nitrogen and oxygen atoms in total. The second-order valence-corrected chi connectivity index (χ2v) is 2.53. The van der Waals surface area contributed by atoms with Crippen molar-refractivity contribution in [2.45, 2.75) is 13.8 Å². The van der Waals surface area contributed by atoms with Crippen LogP contribution in [0.2, 0.25) is 0 Å². The maximum atomic E-state index is 13.0. The molecular formula is C8H9FN2O3. The predicted molar refractivity (Wildman–Crippen MR) is 45.5 cm³/mol. The summed E-state index contributed by atoms with van der Waals surface area (Å²) in [5.41, 5.74) is -1.55. The Kier molecular flexibility index (Phi) is 2.95. The average molecular weight is 200 g/mol. The Bertz CT molecular complexity index is 414. The van der Waals surface area contributed by atoms with E-state index < -0.39 is 23.0 Å². The lowest BCUT2D eigenvalue weighted by Gasteiger charge is -2.02. The van der Waals surface area contributed by atoms with Crippen molar-refractivity contribution in [3.8, 4) is 0 Å². The van der Waals surface area contributed by atoms with Crippen molar-refractivity contribution < 1.29 is 13.9 Å². The number of carbonyl (C=O) groups excluding carboxylic acids is 1. The highest BCUT2D eigenvalue weighted by Crippen LogP contribution is 2.00.